The zero-order valence-electron chi connectivity index (χ0n) is 12.5. The Morgan fingerprint density at radius 1 is 1.12 bits per heavy atom. The van der Waals surface area contributed by atoms with E-state index in [9.17, 15) is 14.9 Å². The Hall–Kier alpha value is -3.04. The summed E-state index contributed by atoms with van der Waals surface area (Å²) >= 11 is 7.01. The van der Waals surface area contributed by atoms with Crippen molar-refractivity contribution < 1.29 is 9.72 Å². The number of anilines is 2. The number of urea groups is 1. The number of nitrogens with one attached hydrogen (secondary N) is 2. The second kappa shape index (κ2) is 7.24. The molecule has 126 valence electrons. The second-order valence-electron chi connectivity index (χ2n) is 4.81. The standard InChI is InChI=1S/C15H10ClN5O3S/c16-10-2-1-3-11(8-10)17-14(22)18-15-20-19-13(25-15)9-4-6-12(7-5-9)21(23)24/h1-8H,(H2,17,18,20,22). The van der Waals surface area contributed by atoms with Gasteiger partial charge in [-0.3, -0.25) is 15.4 Å². The van der Waals surface area contributed by atoms with Crippen LogP contribution in [0, 0.1) is 10.1 Å². The highest BCUT2D eigenvalue weighted by Crippen LogP contribution is 2.27. The van der Waals surface area contributed by atoms with E-state index < -0.39 is 11.0 Å². The van der Waals surface area contributed by atoms with E-state index in [0.29, 0.717) is 26.4 Å². The molecule has 0 aliphatic heterocycles. The van der Waals surface area contributed by atoms with Crippen molar-refractivity contribution in [3.05, 3.63) is 63.7 Å². The Labute approximate surface area is 150 Å². The molecule has 2 aromatic carbocycles. The summed E-state index contributed by atoms with van der Waals surface area (Å²) in [6.45, 7) is 0. The Bertz CT molecular complexity index is 929. The van der Waals surface area contributed by atoms with Crippen LogP contribution in [0.5, 0.6) is 0 Å². The number of halogens is 1. The maximum Gasteiger partial charge on any atom is 0.325 e. The average Bonchev–Trinajstić information content (AvgIpc) is 3.03. The summed E-state index contributed by atoms with van der Waals surface area (Å²) in [5.74, 6) is 0. The first-order chi connectivity index (χ1) is 12.0. The van der Waals surface area contributed by atoms with E-state index in [0.717, 1.165) is 11.3 Å². The summed E-state index contributed by atoms with van der Waals surface area (Å²) in [5, 5.41) is 25.1. The van der Waals surface area contributed by atoms with Crippen LogP contribution in [-0.2, 0) is 0 Å². The molecule has 0 bridgehead atoms. The van der Waals surface area contributed by atoms with E-state index in [1.165, 1.54) is 12.1 Å². The SMILES string of the molecule is O=C(Nc1cccc(Cl)c1)Nc1nnc(-c2ccc([N+](=O)[O-])cc2)s1. The molecule has 8 nitrogen and oxygen atoms in total. The third-order valence-electron chi connectivity index (χ3n) is 3.05. The second-order valence-corrected chi connectivity index (χ2v) is 6.22. The quantitative estimate of drug-likeness (QED) is 0.518. The highest BCUT2D eigenvalue weighted by molar-refractivity contribution is 7.18. The Balaban J connectivity index is 1.67. The van der Waals surface area contributed by atoms with Gasteiger partial charge in [0.1, 0.15) is 5.01 Å². The zero-order chi connectivity index (χ0) is 17.8. The lowest BCUT2D eigenvalue weighted by Gasteiger charge is -2.04. The van der Waals surface area contributed by atoms with Gasteiger partial charge in [-0.05, 0) is 30.3 Å². The maximum atomic E-state index is 12.0. The number of amides is 2. The maximum absolute atomic E-state index is 12.0. The van der Waals surface area contributed by atoms with Crippen molar-refractivity contribution in [1.82, 2.24) is 10.2 Å². The van der Waals surface area contributed by atoms with Crippen LogP contribution >= 0.6 is 22.9 Å². The first-order valence-electron chi connectivity index (χ1n) is 6.93. The van der Waals surface area contributed by atoms with Crippen molar-refractivity contribution in [2.24, 2.45) is 0 Å². The molecule has 0 fully saturated rings. The average molecular weight is 376 g/mol. The van der Waals surface area contributed by atoms with Crippen LogP contribution in [0.2, 0.25) is 5.02 Å². The molecular weight excluding hydrogens is 366 g/mol. The van der Waals surface area contributed by atoms with Gasteiger partial charge in [-0.1, -0.05) is 29.0 Å². The van der Waals surface area contributed by atoms with Crippen LogP contribution in [0.25, 0.3) is 10.6 Å². The molecule has 1 heterocycles. The molecule has 3 rings (SSSR count). The predicted molar refractivity (Wildman–Crippen MR) is 96.1 cm³/mol. The number of nitrogens with zero attached hydrogens (tertiary/aromatic N) is 3. The van der Waals surface area contributed by atoms with Gasteiger partial charge >= 0.3 is 6.03 Å². The molecule has 0 saturated carbocycles. The molecule has 0 saturated heterocycles. The van der Waals surface area contributed by atoms with E-state index in [1.54, 1.807) is 36.4 Å². The molecule has 2 amide bonds. The number of nitro benzene ring substituents is 1. The fraction of sp³-hybridized carbons (Fsp3) is 0. The Morgan fingerprint density at radius 2 is 1.88 bits per heavy atom. The number of carbonyl (C=O) groups excluding carboxylic acids is 1. The van der Waals surface area contributed by atoms with Crippen molar-refractivity contribution in [2.45, 2.75) is 0 Å². The van der Waals surface area contributed by atoms with E-state index in [4.69, 9.17) is 11.6 Å². The number of rotatable bonds is 4. The summed E-state index contributed by atoms with van der Waals surface area (Å²) < 4.78 is 0. The molecule has 0 radical (unpaired) electrons. The van der Waals surface area contributed by atoms with Gasteiger partial charge in [-0.2, -0.15) is 0 Å². The van der Waals surface area contributed by atoms with Crippen LogP contribution in [0.1, 0.15) is 0 Å². The van der Waals surface area contributed by atoms with Crippen LogP contribution in [0.4, 0.5) is 21.3 Å². The lowest BCUT2D eigenvalue weighted by Crippen LogP contribution is -2.19. The predicted octanol–water partition coefficient (Wildman–Crippen LogP) is 4.41. The lowest BCUT2D eigenvalue weighted by atomic mass is 10.2. The molecule has 2 N–H and O–H groups in total. The number of carbonyl (C=O) groups is 1. The van der Waals surface area contributed by atoms with Crippen LogP contribution < -0.4 is 10.6 Å². The number of aromatic nitrogens is 2. The largest absolute Gasteiger partial charge is 0.325 e. The number of hydrogen-bond acceptors (Lipinski definition) is 6. The molecule has 0 aliphatic rings. The van der Waals surface area contributed by atoms with Crippen molar-refractivity contribution >= 4 is 45.5 Å². The van der Waals surface area contributed by atoms with Gasteiger partial charge in [0, 0.05) is 28.4 Å². The fourth-order valence-electron chi connectivity index (χ4n) is 1.94. The van der Waals surface area contributed by atoms with Crippen molar-refractivity contribution in [1.29, 1.82) is 0 Å². The number of nitro groups is 1. The summed E-state index contributed by atoms with van der Waals surface area (Å²) in [6, 6.07) is 12.2. The minimum absolute atomic E-state index is 0.00693. The molecule has 0 aliphatic carbocycles. The van der Waals surface area contributed by atoms with Crippen molar-refractivity contribution in [3.8, 4) is 10.6 Å². The smallest absolute Gasteiger partial charge is 0.308 e. The summed E-state index contributed by atoms with van der Waals surface area (Å²) in [6.07, 6.45) is 0. The van der Waals surface area contributed by atoms with E-state index in [2.05, 4.69) is 20.8 Å². The molecule has 10 heteroatoms. The highest BCUT2D eigenvalue weighted by Gasteiger charge is 2.11. The van der Waals surface area contributed by atoms with E-state index in [1.807, 2.05) is 0 Å². The van der Waals surface area contributed by atoms with Crippen molar-refractivity contribution in [3.63, 3.8) is 0 Å². The molecular formula is C15H10ClN5O3S. The Kier molecular flexibility index (Phi) is 4.87. The monoisotopic (exact) mass is 375 g/mol. The number of benzene rings is 2. The highest BCUT2D eigenvalue weighted by atomic mass is 35.5. The van der Waals surface area contributed by atoms with Crippen LogP contribution in [0.15, 0.2) is 48.5 Å². The lowest BCUT2D eigenvalue weighted by molar-refractivity contribution is -0.384. The summed E-state index contributed by atoms with van der Waals surface area (Å²) in [5.41, 5.74) is 1.21. The topological polar surface area (TPSA) is 110 Å². The van der Waals surface area contributed by atoms with Gasteiger partial charge in [0.15, 0.2) is 0 Å². The molecule has 0 unspecified atom stereocenters. The van der Waals surface area contributed by atoms with Crippen molar-refractivity contribution in [2.75, 3.05) is 10.6 Å². The third kappa shape index (κ3) is 4.28. The molecule has 25 heavy (non-hydrogen) atoms. The zero-order valence-corrected chi connectivity index (χ0v) is 14.0. The van der Waals surface area contributed by atoms with Gasteiger partial charge in [0.2, 0.25) is 5.13 Å². The third-order valence-corrected chi connectivity index (χ3v) is 4.18. The fourth-order valence-corrected chi connectivity index (χ4v) is 2.88. The van der Waals surface area contributed by atoms with Gasteiger partial charge in [-0.25, -0.2) is 4.79 Å². The van der Waals surface area contributed by atoms with Gasteiger partial charge in [0.25, 0.3) is 5.69 Å². The minimum atomic E-state index is -0.478. The minimum Gasteiger partial charge on any atom is -0.308 e. The molecule has 3 aromatic rings. The first-order valence-corrected chi connectivity index (χ1v) is 8.12. The van der Waals surface area contributed by atoms with Crippen LogP contribution in [-0.4, -0.2) is 21.2 Å². The summed E-state index contributed by atoms with van der Waals surface area (Å²) in [4.78, 5) is 22.1. The molecule has 0 atom stereocenters. The Morgan fingerprint density at radius 3 is 2.56 bits per heavy atom. The summed E-state index contributed by atoms with van der Waals surface area (Å²) in [7, 11) is 0. The van der Waals surface area contributed by atoms with Gasteiger partial charge in [0.05, 0.1) is 4.92 Å². The van der Waals surface area contributed by atoms with E-state index >= 15 is 0 Å². The number of non-ortho nitro benzene ring substituents is 1. The first kappa shape index (κ1) is 16.8. The van der Waals surface area contributed by atoms with E-state index in [-0.39, 0.29) is 5.69 Å². The molecule has 1 aromatic heterocycles. The number of hydrogen-bond donors (Lipinski definition) is 2. The molecule has 0 spiro atoms. The van der Waals surface area contributed by atoms with Gasteiger partial charge in [-0.15, -0.1) is 10.2 Å². The van der Waals surface area contributed by atoms with Crippen LogP contribution in [0.3, 0.4) is 0 Å². The van der Waals surface area contributed by atoms with Gasteiger partial charge < -0.3 is 5.32 Å². The normalized spacial score (nSPS) is 10.3.